The molecule has 0 bridgehead atoms. The van der Waals surface area contributed by atoms with Crippen molar-refractivity contribution in [2.75, 3.05) is 5.32 Å². The number of hydrogen-bond acceptors (Lipinski definition) is 4. The van der Waals surface area contributed by atoms with Crippen molar-refractivity contribution in [1.29, 1.82) is 0 Å². The summed E-state index contributed by atoms with van der Waals surface area (Å²) in [6.07, 6.45) is 0. The summed E-state index contributed by atoms with van der Waals surface area (Å²) in [4.78, 5) is 24.7. The van der Waals surface area contributed by atoms with Crippen molar-refractivity contribution in [3.63, 3.8) is 0 Å². The van der Waals surface area contributed by atoms with E-state index < -0.39 is 24.1 Å². The molecular weight excluding hydrogens is 368 g/mol. The normalized spacial score (nSPS) is 11.9. The van der Waals surface area contributed by atoms with E-state index in [4.69, 9.17) is 0 Å². The third-order valence-corrected chi connectivity index (χ3v) is 3.97. The fourth-order valence-electron chi connectivity index (χ4n) is 2.57. The van der Waals surface area contributed by atoms with E-state index >= 15 is 0 Å². The summed E-state index contributed by atoms with van der Waals surface area (Å²) in [5.74, 6) is -0.601. The highest BCUT2D eigenvalue weighted by molar-refractivity contribution is 5.93. The zero-order valence-corrected chi connectivity index (χ0v) is 14.9. The maximum Gasteiger partial charge on any atom is 0.387 e. The van der Waals surface area contributed by atoms with E-state index in [1.807, 2.05) is 30.3 Å². The fourth-order valence-corrected chi connectivity index (χ4v) is 2.57. The van der Waals surface area contributed by atoms with Crippen LogP contribution >= 0.6 is 0 Å². The molecule has 0 radical (unpaired) electrons. The molecule has 2 aromatic carbocycles. The minimum Gasteiger partial charge on any atom is -0.435 e. The van der Waals surface area contributed by atoms with Crippen LogP contribution in [0.25, 0.3) is 11.3 Å². The average molecular weight is 385 g/mol. The highest BCUT2D eigenvalue weighted by atomic mass is 19.3. The number of nitrogens with one attached hydrogen (secondary N) is 1. The summed E-state index contributed by atoms with van der Waals surface area (Å²) in [6.45, 7) is -1.44. The Labute approximate surface area is 159 Å². The van der Waals surface area contributed by atoms with Gasteiger partial charge in [0.2, 0.25) is 5.91 Å². The van der Waals surface area contributed by atoms with Crippen LogP contribution in [-0.4, -0.2) is 22.3 Å². The predicted octanol–water partition coefficient (Wildman–Crippen LogP) is 3.71. The average Bonchev–Trinajstić information content (AvgIpc) is 2.68. The first-order valence-corrected chi connectivity index (χ1v) is 8.45. The summed E-state index contributed by atoms with van der Waals surface area (Å²) in [5, 5.41) is 6.86. The largest absolute Gasteiger partial charge is 0.435 e. The van der Waals surface area contributed by atoms with Gasteiger partial charge in [0.1, 0.15) is 11.8 Å². The number of hydrogen-bond donors (Lipinski definition) is 1. The first-order valence-electron chi connectivity index (χ1n) is 8.45. The number of rotatable bonds is 6. The molecule has 1 N–H and O–H groups in total. The fraction of sp³-hybridized carbons (Fsp3) is 0.150. The van der Waals surface area contributed by atoms with Crippen LogP contribution in [0.1, 0.15) is 13.0 Å². The summed E-state index contributed by atoms with van der Waals surface area (Å²) in [5.41, 5.74) is 1.19. The molecule has 0 saturated heterocycles. The molecule has 3 aromatic rings. The monoisotopic (exact) mass is 385 g/mol. The third kappa shape index (κ3) is 4.59. The van der Waals surface area contributed by atoms with Crippen LogP contribution in [-0.2, 0) is 4.79 Å². The molecule has 1 aromatic heterocycles. The maximum absolute atomic E-state index is 12.5. The number of amides is 1. The number of aromatic nitrogens is 2. The molecule has 28 heavy (non-hydrogen) atoms. The molecule has 0 aliphatic carbocycles. The third-order valence-electron chi connectivity index (χ3n) is 3.97. The summed E-state index contributed by atoms with van der Waals surface area (Å²) >= 11 is 0. The van der Waals surface area contributed by atoms with Gasteiger partial charge in [-0.25, -0.2) is 4.68 Å². The summed E-state index contributed by atoms with van der Waals surface area (Å²) in [6, 6.07) is 16.9. The van der Waals surface area contributed by atoms with E-state index in [0.29, 0.717) is 5.69 Å². The second-order valence-electron chi connectivity index (χ2n) is 5.94. The van der Waals surface area contributed by atoms with Crippen LogP contribution in [0.15, 0.2) is 71.5 Å². The van der Waals surface area contributed by atoms with E-state index in [1.54, 1.807) is 6.07 Å². The highest BCUT2D eigenvalue weighted by Gasteiger charge is 2.18. The van der Waals surface area contributed by atoms with Gasteiger partial charge in [-0.3, -0.25) is 9.59 Å². The van der Waals surface area contributed by atoms with E-state index in [1.165, 1.54) is 37.3 Å². The molecule has 0 fully saturated rings. The minimum atomic E-state index is -2.96. The molecule has 0 aliphatic rings. The Morgan fingerprint density at radius 2 is 1.82 bits per heavy atom. The van der Waals surface area contributed by atoms with Crippen molar-refractivity contribution < 1.29 is 18.3 Å². The van der Waals surface area contributed by atoms with Crippen molar-refractivity contribution >= 4 is 11.6 Å². The molecule has 8 heteroatoms. The Hall–Kier alpha value is -3.55. The van der Waals surface area contributed by atoms with Gasteiger partial charge >= 0.3 is 6.61 Å². The lowest BCUT2D eigenvalue weighted by atomic mass is 10.1. The lowest BCUT2D eigenvalue weighted by Gasteiger charge is -2.15. The van der Waals surface area contributed by atoms with E-state index in [2.05, 4.69) is 15.2 Å². The smallest absolute Gasteiger partial charge is 0.387 e. The number of anilines is 1. The molecule has 3 rings (SSSR count). The van der Waals surface area contributed by atoms with Crippen molar-refractivity contribution in [3.8, 4) is 17.0 Å². The van der Waals surface area contributed by atoms with Crippen LogP contribution in [0.3, 0.4) is 0 Å². The topological polar surface area (TPSA) is 73.2 Å². The van der Waals surface area contributed by atoms with Gasteiger partial charge in [0.05, 0.1) is 5.69 Å². The zero-order chi connectivity index (χ0) is 20.1. The Bertz CT molecular complexity index is 1020. The van der Waals surface area contributed by atoms with Gasteiger partial charge in [-0.2, -0.15) is 13.9 Å². The van der Waals surface area contributed by atoms with E-state index in [9.17, 15) is 18.4 Å². The first kappa shape index (κ1) is 19.2. The molecule has 1 atom stereocenters. The van der Waals surface area contributed by atoms with Crippen LogP contribution in [0, 0.1) is 0 Å². The van der Waals surface area contributed by atoms with Crippen molar-refractivity contribution in [1.82, 2.24) is 9.78 Å². The molecule has 1 heterocycles. The molecule has 1 amide bonds. The molecular formula is C20H17F2N3O3. The highest BCUT2D eigenvalue weighted by Crippen LogP contribution is 2.20. The molecule has 1 unspecified atom stereocenters. The SMILES string of the molecule is CC(C(=O)Nc1cccc(OC(F)F)c1)n1nc(-c2ccccc2)ccc1=O. The molecule has 0 aliphatic heterocycles. The lowest BCUT2D eigenvalue weighted by molar-refractivity contribution is -0.119. The van der Waals surface area contributed by atoms with Crippen LogP contribution in [0.5, 0.6) is 5.75 Å². The van der Waals surface area contributed by atoms with Gasteiger partial charge in [0.15, 0.2) is 0 Å². The first-order chi connectivity index (χ1) is 13.4. The van der Waals surface area contributed by atoms with Gasteiger partial charge in [0.25, 0.3) is 5.56 Å². The Kier molecular flexibility index (Phi) is 5.78. The molecule has 144 valence electrons. The molecule has 0 spiro atoms. The van der Waals surface area contributed by atoms with Crippen LogP contribution in [0.2, 0.25) is 0 Å². The van der Waals surface area contributed by atoms with Crippen molar-refractivity contribution in [2.24, 2.45) is 0 Å². The lowest BCUT2D eigenvalue weighted by Crippen LogP contribution is -2.33. The molecule has 0 saturated carbocycles. The van der Waals surface area contributed by atoms with Gasteiger partial charge in [-0.1, -0.05) is 36.4 Å². The van der Waals surface area contributed by atoms with Crippen molar-refractivity contribution in [3.05, 3.63) is 77.1 Å². The number of benzene rings is 2. The van der Waals surface area contributed by atoms with Gasteiger partial charge in [-0.05, 0) is 25.1 Å². The van der Waals surface area contributed by atoms with Gasteiger partial charge in [-0.15, -0.1) is 0 Å². The van der Waals surface area contributed by atoms with Crippen LogP contribution in [0.4, 0.5) is 14.5 Å². The Balaban J connectivity index is 1.81. The van der Waals surface area contributed by atoms with Crippen LogP contribution < -0.4 is 15.6 Å². The summed E-state index contributed by atoms with van der Waals surface area (Å²) < 4.78 is 30.1. The Morgan fingerprint density at radius 3 is 2.54 bits per heavy atom. The van der Waals surface area contributed by atoms with E-state index in [0.717, 1.165) is 10.2 Å². The second kappa shape index (κ2) is 8.43. The number of halogens is 2. The number of ether oxygens (including phenoxy) is 1. The second-order valence-corrected chi connectivity index (χ2v) is 5.94. The zero-order valence-electron chi connectivity index (χ0n) is 14.9. The minimum absolute atomic E-state index is 0.0816. The van der Waals surface area contributed by atoms with E-state index in [-0.39, 0.29) is 11.4 Å². The maximum atomic E-state index is 12.5. The number of carbonyl (C=O) groups is 1. The number of nitrogens with zero attached hydrogens (tertiary/aromatic N) is 2. The molecule has 6 nitrogen and oxygen atoms in total. The van der Waals surface area contributed by atoms with Gasteiger partial charge < -0.3 is 10.1 Å². The summed E-state index contributed by atoms with van der Waals surface area (Å²) in [7, 11) is 0. The standard InChI is InChI=1S/C20H17F2N3O3/c1-13(19(27)23-15-8-5-9-16(12-15)28-20(21)22)25-18(26)11-10-17(24-25)14-6-3-2-4-7-14/h2-13,20H,1H3,(H,23,27). The number of carbonyl (C=O) groups excluding carboxylic acids is 1. The Morgan fingerprint density at radius 1 is 1.07 bits per heavy atom. The van der Waals surface area contributed by atoms with Crippen molar-refractivity contribution in [2.45, 2.75) is 19.6 Å². The van der Waals surface area contributed by atoms with Gasteiger partial charge in [0, 0.05) is 23.4 Å². The quantitative estimate of drug-likeness (QED) is 0.702. The number of alkyl halides is 2. The predicted molar refractivity (Wildman–Crippen MR) is 100 cm³/mol.